The largest absolute Gasteiger partial charge is 0.417 e. The Kier molecular flexibility index (Phi) is 5.56. The predicted octanol–water partition coefficient (Wildman–Crippen LogP) is 4.76. The van der Waals surface area contributed by atoms with Crippen molar-refractivity contribution in [3.8, 4) is 11.6 Å². The van der Waals surface area contributed by atoms with Crippen molar-refractivity contribution in [2.75, 3.05) is 19.7 Å². The van der Waals surface area contributed by atoms with Crippen LogP contribution in [-0.4, -0.2) is 50.7 Å². The Bertz CT molecular complexity index is 989. The van der Waals surface area contributed by atoms with E-state index in [1.165, 1.54) is 25.7 Å². The van der Waals surface area contributed by atoms with Crippen molar-refractivity contribution in [3.63, 3.8) is 0 Å². The number of para-hydroxylation sites is 1. The van der Waals surface area contributed by atoms with E-state index in [0.29, 0.717) is 17.9 Å². The topological polar surface area (TPSA) is 69.2 Å². The van der Waals surface area contributed by atoms with Crippen LogP contribution >= 0.6 is 0 Å². The summed E-state index contributed by atoms with van der Waals surface area (Å²) in [6.07, 6.45) is 7.38. The summed E-state index contributed by atoms with van der Waals surface area (Å²) in [5.74, 6) is 1.23. The van der Waals surface area contributed by atoms with Gasteiger partial charge in [-0.2, -0.15) is 5.10 Å². The molecule has 160 valence electrons. The normalized spacial score (nSPS) is 23.4. The van der Waals surface area contributed by atoms with Crippen molar-refractivity contribution in [3.05, 3.63) is 30.2 Å². The number of hydrogen-bond acceptors (Lipinski definition) is 6. The Balaban J connectivity index is 1.42. The summed E-state index contributed by atoms with van der Waals surface area (Å²) in [5.41, 5.74) is 1.87. The summed E-state index contributed by atoms with van der Waals surface area (Å²) in [4.78, 5) is 2.49. The molecule has 4 heterocycles. The van der Waals surface area contributed by atoms with E-state index >= 15 is 0 Å². The molecule has 3 aromatic rings. The lowest BCUT2D eigenvalue weighted by molar-refractivity contribution is -0.0225. The van der Waals surface area contributed by atoms with Crippen LogP contribution in [0.25, 0.3) is 22.5 Å². The number of piperidine rings is 1. The van der Waals surface area contributed by atoms with Crippen LogP contribution in [0.1, 0.15) is 70.3 Å². The minimum absolute atomic E-state index is 0.170. The zero-order chi connectivity index (χ0) is 20.5. The lowest BCUT2D eigenvalue weighted by atomic mass is 10.00. The van der Waals surface area contributed by atoms with Crippen LogP contribution in [0.15, 0.2) is 28.7 Å². The predicted molar refractivity (Wildman–Crippen MR) is 115 cm³/mol. The smallest absolute Gasteiger partial charge is 0.268 e. The van der Waals surface area contributed by atoms with Crippen LogP contribution in [-0.2, 0) is 4.74 Å². The van der Waals surface area contributed by atoms with Gasteiger partial charge in [-0.1, -0.05) is 24.6 Å². The molecule has 5 rings (SSSR count). The average Bonchev–Trinajstić information content (AvgIpc) is 3.40. The minimum Gasteiger partial charge on any atom is -0.417 e. The molecule has 2 unspecified atom stereocenters. The van der Waals surface area contributed by atoms with Gasteiger partial charge in [0, 0.05) is 24.6 Å². The second kappa shape index (κ2) is 8.47. The van der Waals surface area contributed by atoms with Gasteiger partial charge in [0.2, 0.25) is 5.89 Å². The number of ether oxygens (including phenoxy) is 1. The van der Waals surface area contributed by atoms with Crippen molar-refractivity contribution in [1.82, 2.24) is 24.9 Å². The molecule has 2 aliphatic rings. The van der Waals surface area contributed by atoms with Gasteiger partial charge in [0.15, 0.2) is 5.69 Å². The van der Waals surface area contributed by atoms with Crippen LogP contribution in [0.2, 0.25) is 0 Å². The van der Waals surface area contributed by atoms with E-state index < -0.39 is 0 Å². The van der Waals surface area contributed by atoms with Crippen LogP contribution in [0.3, 0.4) is 0 Å². The van der Waals surface area contributed by atoms with Gasteiger partial charge in [-0.15, -0.1) is 10.2 Å². The highest BCUT2D eigenvalue weighted by Crippen LogP contribution is 2.34. The zero-order valence-corrected chi connectivity index (χ0v) is 18.0. The van der Waals surface area contributed by atoms with Gasteiger partial charge in [0.1, 0.15) is 0 Å². The molecular weight excluding hydrogens is 378 g/mol. The maximum atomic E-state index is 6.25. The van der Waals surface area contributed by atoms with E-state index in [1.807, 2.05) is 16.8 Å². The molecule has 0 saturated carbocycles. The van der Waals surface area contributed by atoms with E-state index in [2.05, 4.69) is 41.1 Å². The maximum absolute atomic E-state index is 6.25. The Labute approximate surface area is 177 Å². The summed E-state index contributed by atoms with van der Waals surface area (Å²) in [6.45, 7) is 7.17. The number of nitrogens with zero attached hydrogens (tertiary/aromatic N) is 5. The van der Waals surface area contributed by atoms with Crippen molar-refractivity contribution in [2.45, 2.75) is 70.6 Å². The molecule has 2 aliphatic heterocycles. The molecule has 0 radical (unpaired) electrons. The third-order valence-electron chi connectivity index (χ3n) is 6.36. The summed E-state index contributed by atoms with van der Waals surface area (Å²) in [5, 5.41) is 14.8. The highest BCUT2D eigenvalue weighted by molar-refractivity contribution is 5.91. The van der Waals surface area contributed by atoms with Crippen LogP contribution < -0.4 is 0 Å². The molecule has 0 bridgehead atoms. The van der Waals surface area contributed by atoms with E-state index in [4.69, 9.17) is 14.3 Å². The first-order valence-electron chi connectivity index (χ1n) is 11.4. The molecular formula is C23H31N5O2. The summed E-state index contributed by atoms with van der Waals surface area (Å²) < 4.78 is 14.3. The number of hydrogen-bond donors (Lipinski definition) is 0. The van der Waals surface area contributed by atoms with Gasteiger partial charge in [-0.25, -0.2) is 0 Å². The molecule has 2 aromatic heterocycles. The highest BCUT2D eigenvalue weighted by atomic mass is 16.5. The highest BCUT2D eigenvalue weighted by Gasteiger charge is 2.31. The van der Waals surface area contributed by atoms with Gasteiger partial charge >= 0.3 is 0 Å². The van der Waals surface area contributed by atoms with Gasteiger partial charge < -0.3 is 9.15 Å². The SMILES string of the molecule is CC(C)n1nc(-c2nnc(C3CCCCN3CC3CCCCO3)o2)c2ccccc21. The molecule has 2 atom stereocenters. The minimum atomic E-state index is 0.170. The molecule has 2 saturated heterocycles. The fraction of sp³-hybridized carbons (Fsp3) is 0.609. The first-order chi connectivity index (χ1) is 14.7. The Morgan fingerprint density at radius 3 is 2.77 bits per heavy atom. The monoisotopic (exact) mass is 409 g/mol. The molecule has 0 amide bonds. The van der Waals surface area contributed by atoms with E-state index in [-0.39, 0.29) is 12.1 Å². The number of fused-ring (bicyclic) bond motifs is 1. The van der Waals surface area contributed by atoms with Gasteiger partial charge in [0.05, 0.1) is 17.7 Å². The Morgan fingerprint density at radius 2 is 1.93 bits per heavy atom. The number of aromatic nitrogens is 4. The van der Waals surface area contributed by atoms with Crippen LogP contribution in [0.4, 0.5) is 0 Å². The molecule has 30 heavy (non-hydrogen) atoms. The maximum Gasteiger partial charge on any atom is 0.268 e. The summed E-state index contributed by atoms with van der Waals surface area (Å²) in [6, 6.07) is 8.67. The number of likely N-dealkylation sites (tertiary alicyclic amines) is 1. The third kappa shape index (κ3) is 3.76. The molecule has 7 nitrogen and oxygen atoms in total. The second-order valence-electron chi connectivity index (χ2n) is 8.84. The lowest BCUT2D eigenvalue weighted by Gasteiger charge is -2.36. The van der Waals surface area contributed by atoms with Crippen molar-refractivity contribution in [1.29, 1.82) is 0 Å². The van der Waals surface area contributed by atoms with E-state index in [1.54, 1.807) is 0 Å². The van der Waals surface area contributed by atoms with Crippen molar-refractivity contribution >= 4 is 10.9 Å². The van der Waals surface area contributed by atoms with Gasteiger partial charge in [-0.05, 0) is 58.6 Å². The summed E-state index contributed by atoms with van der Waals surface area (Å²) in [7, 11) is 0. The van der Waals surface area contributed by atoms with Gasteiger partial charge in [-0.3, -0.25) is 9.58 Å². The van der Waals surface area contributed by atoms with Crippen molar-refractivity contribution < 1.29 is 9.15 Å². The Hall–Kier alpha value is -2.25. The third-order valence-corrected chi connectivity index (χ3v) is 6.36. The second-order valence-corrected chi connectivity index (χ2v) is 8.84. The summed E-state index contributed by atoms with van der Waals surface area (Å²) >= 11 is 0. The van der Waals surface area contributed by atoms with E-state index in [9.17, 15) is 0 Å². The van der Waals surface area contributed by atoms with Gasteiger partial charge in [0.25, 0.3) is 5.89 Å². The Morgan fingerprint density at radius 1 is 1.07 bits per heavy atom. The molecule has 1 aromatic carbocycles. The molecule has 0 N–H and O–H groups in total. The van der Waals surface area contributed by atoms with E-state index in [0.717, 1.165) is 49.1 Å². The first-order valence-corrected chi connectivity index (χ1v) is 11.4. The first kappa shape index (κ1) is 19.7. The molecule has 2 fully saturated rings. The molecule has 0 aliphatic carbocycles. The average molecular weight is 410 g/mol. The fourth-order valence-corrected chi connectivity index (χ4v) is 4.81. The molecule has 7 heteroatoms. The van der Waals surface area contributed by atoms with Crippen molar-refractivity contribution in [2.24, 2.45) is 0 Å². The number of benzene rings is 1. The van der Waals surface area contributed by atoms with Crippen LogP contribution in [0.5, 0.6) is 0 Å². The fourth-order valence-electron chi connectivity index (χ4n) is 4.81. The quantitative estimate of drug-likeness (QED) is 0.605. The molecule has 0 spiro atoms. The zero-order valence-electron chi connectivity index (χ0n) is 18.0. The standard InChI is InChI=1S/C23H31N5O2/c1-16(2)28-19-11-4-3-10-18(19)21(26-28)23-25-24-22(30-23)20-12-5-7-13-27(20)15-17-9-6-8-14-29-17/h3-4,10-11,16-17,20H,5-9,12-15H2,1-2H3. The lowest BCUT2D eigenvalue weighted by Crippen LogP contribution is -2.40. The number of rotatable bonds is 5. The van der Waals surface area contributed by atoms with Crippen LogP contribution in [0, 0.1) is 0 Å².